The maximum Gasteiger partial charge on any atom is 0.147 e. The Bertz CT molecular complexity index is 262. The number of nitrogens with one attached hydrogen (secondary N) is 1. The fourth-order valence-corrected chi connectivity index (χ4v) is 2.51. The maximum atomic E-state index is 11.0. The van der Waals surface area contributed by atoms with E-state index in [-0.39, 0.29) is 11.8 Å². The minimum atomic E-state index is -2.82. The summed E-state index contributed by atoms with van der Waals surface area (Å²) in [6, 6.07) is 0.825. The number of hydrogen-bond donors (Lipinski definition) is 1. The first-order valence-electron chi connectivity index (χ1n) is 6.32. The second-order valence-electron chi connectivity index (χ2n) is 4.73. The molecule has 0 spiro atoms. The maximum absolute atomic E-state index is 11.0. The van der Waals surface area contributed by atoms with E-state index in [9.17, 15) is 8.42 Å². The Kier molecular flexibility index (Phi) is 8.02. The molecule has 0 amide bonds. The van der Waals surface area contributed by atoms with Crippen molar-refractivity contribution in [1.82, 2.24) is 5.32 Å². The van der Waals surface area contributed by atoms with Gasteiger partial charge in [-0.15, -0.1) is 0 Å². The van der Waals surface area contributed by atoms with Crippen molar-refractivity contribution in [3.63, 3.8) is 0 Å². The molecule has 0 heterocycles. The topological polar surface area (TPSA) is 46.2 Å². The van der Waals surface area contributed by atoms with E-state index >= 15 is 0 Å². The highest BCUT2D eigenvalue weighted by atomic mass is 32.2. The molecule has 0 fully saturated rings. The number of sulfone groups is 1. The minimum Gasteiger partial charge on any atom is -0.311 e. The van der Waals surface area contributed by atoms with Crippen LogP contribution in [0.5, 0.6) is 0 Å². The average molecular weight is 249 g/mol. The smallest absolute Gasteiger partial charge is 0.147 e. The van der Waals surface area contributed by atoms with E-state index in [0.29, 0.717) is 12.5 Å². The van der Waals surface area contributed by atoms with Crippen LogP contribution in [0.2, 0.25) is 0 Å². The summed E-state index contributed by atoms with van der Waals surface area (Å²) in [4.78, 5) is 0. The fraction of sp³-hybridized carbons (Fsp3) is 1.00. The van der Waals surface area contributed by atoms with Gasteiger partial charge in [-0.2, -0.15) is 0 Å². The first kappa shape index (κ1) is 15.9. The van der Waals surface area contributed by atoms with Crippen LogP contribution in [0.25, 0.3) is 0 Å². The molecule has 1 N–H and O–H groups in total. The Morgan fingerprint density at radius 3 is 2.25 bits per heavy atom. The van der Waals surface area contributed by atoms with Gasteiger partial charge in [0, 0.05) is 18.3 Å². The summed E-state index contributed by atoms with van der Waals surface area (Å²) < 4.78 is 22.1. The third-order valence-corrected chi connectivity index (χ3v) is 3.82. The lowest BCUT2D eigenvalue weighted by Gasteiger charge is -2.22. The van der Waals surface area contributed by atoms with E-state index in [2.05, 4.69) is 26.1 Å². The van der Waals surface area contributed by atoms with Crippen molar-refractivity contribution in [2.75, 3.05) is 12.0 Å². The molecule has 4 heteroatoms. The van der Waals surface area contributed by atoms with Crippen LogP contribution in [-0.4, -0.2) is 32.5 Å². The van der Waals surface area contributed by atoms with Gasteiger partial charge in [0.05, 0.1) is 5.75 Å². The third-order valence-electron chi connectivity index (χ3n) is 2.84. The van der Waals surface area contributed by atoms with Crippen molar-refractivity contribution in [2.45, 2.75) is 65.0 Å². The lowest BCUT2D eigenvalue weighted by atomic mass is 10.1. The second-order valence-corrected chi connectivity index (χ2v) is 6.99. The predicted octanol–water partition coefficient (Wildman–Crippen LogP) is 2.37. The van der Waals surface area contributed by atoms with Gasteiger partial charge in [-0.25, -0.2) is 8.42 Å². The Labute approximate surface area is 101 Å². The van der Waals surface area contributed by atoms with Gasteiger partial charge >= 0.3 is 0 Å². The Morgan fingerprint density at radius 1 is 1.19 bits per heavy atom. The number of rotatable bonds is 9. The van der Waals surface area contributed by atoms with E-state index in [0.717, 1.165) is 6.42 Å². The zero-order valence-electron chi connectivity index (χ0n) is 11.1. The van der Waals surface area contributed by atoms with Crippen LogP contribution in [-0.2, 0) is 9.84 Å². The van der Waals surface area contributed by atoms with Crippen molar-refractivity contribution in [3.05, 3.63) is 0 Å². The second kappa shape index (κ2) is 8.07. The molecule has 0 saturated heterocycles. The van der Waals surface area contributed by atoms with Crippen LogP contribution in [0.1, 0.15) is 52.9 Å². The van der Waals surface area contributed by atoms with Crippen LogP contribution in [0.15, 0.2) is 0 Å². The van der Waals surface area contributed by atoms with Crippen LogP contribution in [0.3, 0.4) is 0 Å². The Balaban J connectivity index is 3.86. The molecule has 0 aromatic heterocycles. The first-order chi connectivity index (χ1) is 7.39. The zero-order chi connectivity index (χ0) is 12.6. The molecule has 3 nitrogen and oxygen atoms in total. The standard InChI is InChI=1S/C12H27NO2S/c1-5-7-8-12(6-2)13-11(3)9-10-16(4,14)15/h11-13H,5-10H2,1-4H3. The van der Waals surface area contributed by atoms with Crippen molar-refractivity contribution in [2.24, 2.45) is 0 Å². The van der Waals surface area contributed by atoms with Gasteiger partial charge in [0.1, 0.15) is 9.84 Å². The van der Waals surface area contributed by atoms with Crippen LogP contribution >= 0.6 is 0 Å². The molecular formula is C12H27NO2S. The molecule has 0 aliphatic carbocycles. The molecule has 0 radical (unpaired) electrons. The van der Waals surface area contributed by atoms with Gasteiger partial charge in [0.2, 0.25) is 0 Å². The van der Waals surface area contributed by atoms with Gasteiger partial charge in [-0.3, -0.25) is 0 Å². The lowest BCUT2D eigenvalue weighted by Crippen LogP contribution is -2.37. The minimum absolute atomic E-state index is 0.283. The quantitative estimate of drug-likeness (QED) is 0.682. The van der Waals surface area contributed by atoms with Crippen molar-refractivity contribution in [1.29, 1.82) is 0 Å². The van der Waals surface area contributed by atoms with Gasteiger partial charge < -0.3 is 5.32 Å². The monoisotopic (exact) mass is 249 g/mol. The molecule has 16 heavy (non-hydrogen) atoms. The van der Waals surface area contributed by atoms with Gasteiger partial charge in [-0.05, 0) is 26.2 Å². The van der Waals surface area contributed by atoms with Crippen LogP contribution in [0, 0.1) is 0 Å². The Hall–Kier alpha value is -0.0900. The molecule has 0 aliphatic heterocycles. The van der Waals surface area contributed by atoms with Crippen molar-refractivity contribution < 1.29 is 8.42 Å². The number of hydrogen-bond acceptors (Lipinski definition) is 3. The highest BCUT2D eigenvalue weighted by Gasteiger charge is 2.11. The largest absolute Gasteiger partial charge is 0.311 e. The molecule has 0 aliphatic rings. The Morgan fingerprint density at radius 2 is 1.81 bits per heavy atom. The van der Waals surface area contributed by atoms with E-state index in [4.69, 9.17) is 0 Å². The summed E-state index contributed by atoms with van der Waals surface area (Å²) >= 11 is 0. The summed E-state index contributed by atoms with van der Waals surface area (Å²) in [5.74, 6) is 0.283. The molecule has 0 saturated carbocycles. The average Bonchev–Trinajstić information content (AvgIpc) is 2.20. The molecule has 0 aromatic carbocycles. The summed E-state index contributed by atoms with van der Waals surface area (Å²) in [6.45, 7) is 6.44. The molecule has 2 unspecified atom stereocenters. The van der Waals surface area contributed by atoms with E-state index < -0.39 is 9.84 Å². The molecule has 0 rings (SSSR count). The third kappa shape index (κ3) is 9.16. The van der Waals surface area contributed by atoms with Gasteiger partial charge in [0.15, 0.2) is 0 Å². The number of unbranched alkanes of at least 4 members (excludes halogenated alkanes) is 1. The van der Waals surface area contributed by atoms with Crippen LogP contribution in [0.4, 0.5) is 0 Å². The molecular weight excluding hydrogens is 222 g/mol. The summed E-state index contributed by atoms with van der Waals surface area (Å²) in [5.41, 5.74) is 0. The molecule has 2 atom stereocenters. The van der Waals surface area contributed by atoms with E-state index in [1.807, 2.05) is 0 Å². The van der Waals surface area contributed by atoms with Crippen molar-refractivity contribution in [3.8, 4) is 0 Å². The SMILES string of the molecule is CCCCC(CC)NC(C)CCS(C)(=O)=O. The van der Waals surface area contributed by atoms with Gasteiger partial charge in [-0.1, -0.05) is 26.7 Å². The summed E-state index contributed by atoms with van der Waals surface area (Å²) in [5, 5.41) is 3.51. The fourth-order valence-electron chi connectivity index (χ4n) is 1.73. The van der Waals surface area contributed by atoms with Crippen LogP contribution < -0.4 is 5.32 Å². The van der Waals surface area contributed by atoms with E-state index in [1.165, 1.54) is 25.5 Å². The highest BCUT2D eigenvalue weighted by molar-refractivity contribution is 7.90. The molecule has 0 aromatic rings. The summed E-state index contributed by atoms with van der Waals surface area (Å²) in [6.07, 6.45) is 6.77. The normalized spacial score (nSPS) is 16.0. The van der Waals surface area contributed by atoms with E-state index in [1.54, 1.807) is 0 Å². The summed E-state index contributed by atoms with van der Waals surface area (Å²) in [7, 11) is -2.82. The van der Waals surface area contributed by atoms with Crippen molar-refractivity contribution >= 4 is 9.84 Å². The lowest BCUT2D eigenvalue weighted by molar-refractivity contribution is 0.398. The molecule has 0 bridgehead atoms. The molecule has 98 valence electrons. The highest BCUT2D eigenvalue weighted by Crippen LogP contribution is 2.06. The van der Waals surface area contributed by atoms with Gasteiger partial charge in [0.25, 0.3) is 0 Å². The first-order valence-corrected chi connectivity index (χ1v) is 8.38. The predicted molar refractivity (Wildman–Crippen MR) is 70.5 cm³/mol. The zero-order valence-corrected chi connectivity index (χ0v) is 11.9.